The number of Topliss-reactive ketones (excluding diaryl/α,β-unsaturated/α-hetero) is 1. The first-order valence-electron chi connectivity index (χ1n) is 5.37. The van der Waals surface area contributed by atoms with E-state index in [9.17, 15) is 18.0 Å². The van der Waals surface area contributed by atoms with Gasteiger partial charge in [0.1, 0.15) is 5.75 Å². The number of ketones is 1. The Labute approximate surface area is 108 Å². The molecule has 6 heteroatoms. The van der Waals surface area contributed by atoms with Crippen molar-refractivity contribution in [2.75, 3.05) is 5.88 Å². The van der Waals surface area contributed by atoms with E-state index in [2.05, 4.69) is 4.74 Å². The van der Waals surface area contributed by atoms with Gasteiger partial charge in [0.15, 0.2) is 5.78 Å². The summed E-state index contributed by atoms with van der Waals surface area (Å²) in [4.78, 5) is 11.7. The number of ether oxygens (including phenoxy) is 1. The highest BCUT2D eigenvalue weighted by Gasteiger charge is 2.31. The predicted molar refractivity (Wildman–Crippen MR) is 62.0 cm³/mol. The molecule has 100 valence electrons. The van der Waals surface area contributed by atoms with Crippen LogP contribution >= 0.6 is 11.6 Å². The van der Waals surface area contributed by atoms with E-state index in [-0.39, 0.29) is 23.5 Å². The van der Waals surface area contributed by atoms with Gasteiger partial charge in [0.25, 0.3) is 0 Å². The molecule has 0 fully saturated rings. The summed E-state index contributed by atoms with van der Waals surface area (Å²) in [6, 6.07) is 5.07. The lowest BCUT2D eigenvalue weighted by atomic mass is 10.1. The average molecular weight is 281 g/mol. The first-order valence-corrected chi connectivity index (χ1v) is 5.91. The van der Waals surface area contributed by atoms with Gasteiger partial charge in [-0.25, -0.2) is 0 Å². The monoisotopic (exact) mass is 280 g/mol. The number of hydrogen-bond donors (Lipinski definition) is 0. The molecule has 0 aliphatic carbocycles. The molecule has 0 N–H and O–H groups in total. The zero-order valence-electron chi connectivity index (χ0n) is 9.47. The summed E-state index contributed by atoms with van der Waals surface area (Å²) < 4.78 is 39.7. The second kappa shape index (κ2) is 6.64. The van der Waals surface area contributed by atoms with Crippen molar-refractivity contribution in [3.05, 3.63) is 29.8 Å². The number of hydrogen-bond acceptors (Lipinski definition) is 2. The van der Waals surface area contributed by atoms with Crippen molar-refractivity contribution in [3.8, 4) is 5.75 Å². The Balaban J connectivity index is 2.66. The highest BCUT2D eigenvalue weighted by molar-refractivity contribution is 6.17. The van der Waals surface area contributed by atoms with Gasteiger partial charge in [0.2, 0.25) is 0 Å². The summed E-state index contributed by atoms with van der Waals surface area (Å²) in [7, 11) is 0. The second-order valence-corrected chi connectivity index (χ2v) is 4.02. The van der Waals surface area contributed by atoms with Gasteiger partial charge in [-0.2, -0.15) is 0 Å². The van der Waals surface area contributed by atoms with Crippen molar-refractivity contribution in [3.63, 3.8) is 0 Å². The Kier molecular flexibility index (Phi) is 5.47. The molecule has 0 spiro atoms. The second-order valence-electron chi connectivity index (χ2n) is 3.64. The Hall–Kier alpha value is -1.23. The molecule has 0 aliphatic rings. The Morgan fingerprint density at radius 1 is 1.28 bits per heavy atom. The molecule has 2 nitrogen and oxygen atoms in total. The number of benzene rings is 1. The average Bonchev–Trinajstić information content (AvgIpc) is 2.27. The lowest BCUT2D eigenvalue weighted by molar-refractivity contribution is -0.274. The normalized spacial score (nSPS) is 11.3. The third-order valence-corrected chi connectivity index (χ3v) is 2.44. The third kappa shape index (κ3) is 5.40. The van der Waals surface area contributed by atoms with Gasteiger partial charge in [-0.15, -0.1) is 24.8 Å². The molecule has 0 amide bonds. The summed E-state index contributed by atoms with van der Waals surface area (Å²) in [5, 5.41) is 0. The van der Waals surface area contributed by atoms with Crippen molar-refractivity contribution < 1.29 is 22.7 Å². The smallest absolute Gasteiger partial charge is 0.406 e. The minimum absolute atomic E-state index is 0.214. The fourth-order valence-corrected chi connectivity index (χ4v) is 1.58. The number of alkyl halides is 4. The number of rotatable bonds is 6. The molecule has 0 atom stereocenters. The molecule has 1 aromatic carbocycles. The van der Waals surface area contributed by atoms with Gasteiger partial charge >= 0.3 is 6.36 Å². The Bertz CT molecular complexity index is 405. The van der Waals surface area contributed by atoms with E-state index in [4.69, 9.17) is 11.6 Å². The van der Waals surface area contributed by atoms with Crippen molar-refractivity contribution in [1.82, 2.24) is 0 Å². The van der Waals surface area contributed by atoms with Gasteiger partial charge < -0.3 is 4.74 Å². The highest BCUT2D eigenvalue weighted by atomic mass is 35.5. The standard InChI is InChI=1S/C12H12ClF3O2/c13-7-2-1-6-11(17)9-4-3-5-10(8-9)18-12(14,15)16/h3-5,8H,1-2,6-7H2. The number of unbranched alkanes of at least 4 members (excludes halogenated alkanes) is 1. The first-order chi connectivity index (χ1) is 8.42. The van der Waals surface area contributed by atoms with E-state index < -0.39 is 6.36 Å². The van der Waals surface area contributed by atoms with Crippen molar-refractivity contribution >= 4 is 17.4 Å². The van der Waals surface area contributed by atoms with E-state index in [0.29, 0.717) is 18.7 Å². The summed E-state index contributed by atoms with van der Waals surface area (Å²) in [5.74, 6) is -0.136. The van der Waals surface area contributed by atoms with Crippen LogP contribution in [0.15, 0.2) is 24.3 Å². The van der Waals surface area contributed by atoms with Crippen LogP contribution in [0.4, 0.5) is 13.2 Å². The zero-order chi connectivity index (χ0) is 13.6. The molecular weight excluding hydrogens is 269 g/mol. The first kappa shape index (κ1) is 14.8. The topological polar surface area (TPSA) is 26.3 Å². The Morgan fingerprint density at radius 3 is 2.61 bits per heavy atom. The van der Waals surface area contributed by atoms with Crippen LogP contribution in [0.25, 0.3) is 0 Å². The summed E-state index contributed by atoms with van der Waals surface area (Å²) in [6.07, 6.45) is -3.17. The lowest BCUT2D eigenvalue weighted by Crippen LogP contribution is -2.17. The van der Waals surface area contributed by atoms with E-state index >= 15 is 0 Å². The van der Waals surface area contributed by atoms with Crippen LogP contribution in [-0.4, -0.2) is 18.0 Å². The number of carbonyl (C=O) groups is 1. The highest BCUT2D eigenvalue weighted by Crippen LogP contribution is 2.23. The van der Waals surface area contributed by atoms with Crippen LogP contribution in [0.3, 0.4) is 0 Å². The van der Waals surface area contributed by atoms with Crippen molar-refractivity contribution in [2.45, 2.75) is 25.6 Å². The van der Waals surface area contributed by atoms with Crippen LogP contribution in [0.2, 0.25) is 0 Å². The van der Waals surface area contributed by atoms with Crippen LogP contribution in [0, 0.1) is 0 Å². The minimum Gasteiger partial charge on any atom is -0.406 e. The van der Waals surface area contributed by atoms with E-state index in [0.717, 1.165) is 12.1 Å². The van der Waals surface area contributed by atoms with Crippen LogP contribution < -0.4 is 4.74 Å². The summed E-state index contributed by atoms with van der Waals surface area (Å²) >= 11 is 5.47. The number of carbonyl (C=O) groups excluding carboxylic acids is 1. The SMILES string of the molecule is O=C(CCCCCl)c1cccc(OC(F)(F)F)c1. The van der Waals surface area contributed by atoms with Gasteiger partial charge in [-0.3, -0.25) is 4.79 Å². The van der Waals surface area contributed by atoms with Crippen LogP contribution in [-0.2, 0) is 0 Å². The zero-order valence-corrected chi connectivity index (χ0v) is 10.2. The number of halogens is 4. The Morgan fingerprint density at radius 2 is 2.00 bits per heavy atom. The summed E-state index contributed by atoms with van der Waals surface area (Å²) in [6.45, 7) is 0. The third-order valence-electron chi connectivity index (χ3n) is 2.18. The fraction of sp³-hybridized carbons (Fsp3) is 0.417. The summed E-state index contributed by atoms with van der Waals surface area (Å²) in [5.41, 5.74) is 0.214. The fourth-order valence-electron chi connectivity index (χ4n) is 1.39. The molecule has 0 heterocycles. The molecule has 0 aliphatic heterocycles. The van der Waals surface area contributed by atoms with Gasteiger partial charge in [-0.1, -0.05) is 12.1 Å². The molecule has 0 bridgehead atoms. The van der Waals surface area contributed by atoms with Crippen LogP contribution in [0.1, 0.15) is 29.6 Å². The van der Waals surface area contributed by atoms with Crippen molar-refractivity contribution in [1.29, 1.82) is 0 Å². The quantitative estimate of drug-likeness (QED) is 0.444. The molecule has 0 aromatic heterocycles. The largest absolute Gasteiger partial charge is 0.573 e. The van der Waals surface area contributed by atoms with Crippen molar-refractivity contribution in [2.24, 2.45) is 0 Å². The minimum atomic E-state index is -4.75. The van der Waals surface area contributed by atoms with Crippen LogP contribution in [0.5, 0.6) is 5.75 Å². The molecular formula is C12H12ClF3O2. The molecule has 0 unspecified atom stereocenters. The molecule has 0 saturated heterocycles. The van der Waals surface area contributed by atoms with E-state index in [1.54, 1.807) is 0 Å². The molecule has 0 saturated carbocycles. The van der Waals surface area contributed by atoms with Gasteiger partial charge in [0, 0.05) is 17.9 Å². The maximum Gasteiger partial charge on any atom is 0.573 e. The maximum atomic E-state index is 12.0. The maximum absolute atomic E-state index is 12.0. The van der Waals surface area contributed by atoms with Gasteiger partial charge in [-0.05, 0) is 25.0 Å². The predicted octanol–water partition coefficient (Wildman–Crippen LogP) is 4.18. The van der Waals surface area contributed by atoms with Gasteiger partial charge in [0.05, 0.1) is 0 Å². The molecule has 18 heavy (non-hydrogen) atoms. The van der Waals surface area contributed by atoms with E-state index in [1.165, 1.54) is 12.1 Å². The molecule has 0 radical (unpaired) electrons. The lowest BCUT2D eigenvalue weighted by Gasteiger charge is -2.09. The molecule has 1 aromatic rings. The molecule has 1 rings (SSSR count). The van der Waals surface area contributed by atoms with E-state index in [1.807, 2.05) is 0 Å².